The molecule has 142 valence electrons. The molecule has 2 heterocycles. The molecule has 29 heavy (non-hydrogen) atoms. The van der Waals surface area contributed by atoms with Crippen LogP contribution in [-0.4, -0.2) is 29.9 Å². The number of benzene rings is 2. The molecule has 0 fully saturated rings. The van der Waals surface area contributed by atoms with Gasteiger partial charge in [0, 0.05) is 17.4 Å². The number of pyridine rings is 1. The largest absolute Gasteiger partial charge is 0.482 e. The first kappa shape index (κ1) is 18.3. The molecule has 0 bridgehead atoms. The summed E-state index contributed by atoms with van der Waals surface area (Å²) in [5, 5.41) is 2.82. The van der Waals surface area contributed by atoms with Gasteiger partial charge in [0.2, 0.25) is 5.91 Å². The zero-order chi connectivity index (χ0) is 20.1. The average molecular weight is 383 g/mol. The van der Waals surface area contributed by atoms with Gasteiger partial charge in [-0.15, -0.1) is 0 Å². The van der Waals surface area contributed by atoms with Gasteiger partial charge in [-0.25, -0.2) is 4.98 Å². The molecule has 0 saturated carbocycles. The number of nitrogens with zero attached hydrogens (tertiary/aromatic N) is 2. The summed E-state index contributed by atoms with van der Waals surface area (Å²) in [5.74, 6) is 6.05. The molecule has 4 rings (SSSR count). The van der Waals surface area contributed by atoms with E-state index in [2.05, 4.69) is 22.1 Å². The summed E-state index contributed by atoms with van der Waals surface area (Å²) in [4.78, 5) is 30.3. The van der Waals surface area contributed by atoms with Gasteiger partial charge in [0.1, 0.15) is 18.0 Å². The molecular weight excluding hydrogens is 366 g/mol. The number of hydrogen-bond donors (Lipinski definition) is 1. The van der Waals surface area contributed by atoms with E-state index in [1.165, 1.54) is 4.90 Å². The molecule has 1 aliphatic heterocycles. The van der Waals surface area contributed by atoms with Gasteiger partial charge in [-0.3, -0.25) is 14.5 Å². The number of fused-ring (bicyclic) bond motifs is 1. The van der Waals surface area contributed by atoms with E-state index < -0.39 is 0 Å². The summed E-state index contributed by atoms with van der Waals surface area (Å²) in [6.07, 6.45) is 1.69. The van der Waals surface area contributed by atoms with Crippen LogP contribution in [0.2, 0.25) is 0 Å². The first-order valence-electron chi connectivity index (χ1n) is 9.04. The maximum atomic E-state index is 12.5. The van der Waals surface area contributed by atoms with E-state index in [0.717, 1.165) is 5.56 Å². The fourth-order valence-corrected chi connectivity index (χ4v) is 2.92. The molecule has 0 aliphatic carbocycles. The van der Waals surface area contributed by atoms with E-state index in [4.69, 9.17) is 4.74 Å². The van der Waals surface area contributed by atoms with Crippen molar-refractivity contribution in [1.82, 2.24) is 4.98 Å². The highest BCUT2D eigenvalue weighted by Crippen LogP contribution is 2.31. The van der Waals surface area contributed by atoms with Crippen molar-refractivity contribution in [1.29, 1.82) is 0 Å². The standard InChI is InChI=1S/C23H17N3O3/c27-22(15-26-20-9-1-2-10-21(20)29-16-23(26)28)25-19-8-5-6-17(14-19)11-12-18-7-3-4-13-24-18/h1-10,13-14H,15-16H2,(H,25,27). The second-order valence-electron chi connectivity index (χ2n) is 6.33. The number of ether oxygens (including phenoxy) is 1. The number of carbonyl (C=O) groups is 2. The van der Waals surface area contributed by atoms with Gasteiger partial charge < -0.3 is 10.1 Å². The predicted molar refractivity (Wildman–Crippen MR) is 110 cm³/mol. The first-order valence-corrected chi connectivity index (χ1v) is 9.04. The molecule has 6 nitrogen and oxygen atoms in total. The monoisotopic (exact) mass is 383 g/mol. The molecule has 0 saturated heterocycles. The number of nitrogens with one attached hydrogen (secondary N) is 1. The van der Waals surface area contributed by atoms with Crippen LogP contribution >= 0.6 is 0 Å². The Bertz CT molecular complexity index is 1120. The molecule has 1 N–H and O–H groups in total. The van der Waals surface area contributed by atoms with E-state index in [1.807, 2.05) is 36.4 Å². The zero-order valence-corrected chi connectivity index (χ0v) is 15.5. The average Bonchev–Trinajstić information content (AvgIpc) is 2.75. The highest BCUT2D eigenvalue weighted by Gasteiger charge is 2.26. The number of amides is 2. The van der Waals surface area contributed by atoms with Crippen LogP contribution in [0.5, 0.6) is 5.75 Å². The normalized spacial score (nSPS) is 12.3. The Balaban J connectivity index is 1.46. The predicted octanol–water partition coefficient (Wildman–Crippen LogP) is 2.85. The van der Waals surface area contributed by atoms with E-state index in [-0.39, 0.29) is 25.0 Å². The quantitative estimate of drug-likeness (QED) is 0.706. The Kier molecular flexibility index (Phi) is 5.21. The Morgan fingerprint density at radius 2 is 1.93 bits per heavy atom. The van der Waals surface area contributed by atoms with E-state index in [1.54, 1.807) is 36.5 Å². The molecule has 2 amide bonds. The highest BCUT2D eigenvalue weighted by molar-refractivity contribution is 6.05. The summed E-state index contributed by atoms with van der Waals surface area (Å²) in [7, 11) is 0. The fourth-order valence-electron chi connectivity index (χ4n) is 2.92. The van der Waals surface area contributed by atoms with Gasteiger partial charge in [0.05, 0.1) is 5.69 Å². The van der Waals surface area contributed by atoms with Gasteiger partial charge in [-0.05, 0) is 48.4 Å². The number of anilines is 2. The molecule has 0 spiro atoms. The zero-order valence-electron chi connectivity index (χ0n) is 15.5. The third-order valence-electron chi connectivity index (χ3n) is 4.26. The van der Waals surface area contributed by atoms with Gasteiger partial charge >= 0.3 is 0 Å². The Morgan fingerprint density at radius 1 is 1.07 bits per heavy atom. The molecular formula is C23H17N3O3. The van der Waals surface area contributed by atoms with Crippen LogP contribution in [0.1, 0.15) is 11.3 Å². The number of rotatable bonds is 3. The van der Waals surface area contributed by atoms with Crippen LogP contribution < -0.4 is 15.0 Å². The van der Waals surface area contributed by atoms with Crippen LogP contribution in [0.25, 0.3) is 0 Å². The second-order valence-corrected chi connectivity index (χ2v) is 6.33. The van der Waals surface area contributed by atoms with E-state index >= 15 is 0 Å². The van der Waals surface area contributed by atoms with Crippen LogP contribution in [0, 0.1) is 11.8 Å². The third kappa shape index (κ3) is 4.42. The van der Waals surface area contributed by atoms with Crippen LogP contribution in [-0.2, 0) is 9.59 Å². The van der Waals surface area contributed by atoms with Crippen molar-refractivity contribution >= 4 is 23.2 Å². The molecule has 6 heteroatoms. The van der Waals surface area contributed by atoms with Crippen LogP contribution in [0.4, 0.5) is 11.4 Å². The smallest absolute Gasteiger partial charge is 0.265 e. The summed E-state index contributed by atoms with van der Waals surface area (Å²) < 4.78 is 5.40. The van der Waals surface area contributed by atoms with Crippen LogP contribution in [0.15, 0.2) is 72.9 Å². The molecule has 0 radical (unpaired) electrons. The maximum absolute atomic E-state index is 12.5. The summed E-state index contributed by atoms with van der Waals surface area (Å²) in [5.41, 5.74) is 2.62. The Hall–Kier alpha value is -4.11. The van der Waals surface area contributed by atoms with Gasteiger partial charge in [0.15, 0.2) is 6.61 Å². The van der Waals surface area contributed by atoms with Crippen molar-refractivity contribution in [3.8, 4) is 17.6 Å². The molecule has 0 atom stereocenters. The molecule has 1 aliphatic rings. The lowest BCUT2D eigenvalue weighted by Gasteiger charge is -2.28. The number of carbonyl (C=O) groups excluding carboxylic acids is 2. The maximum Gasteiger partial charge on any atom is 0.265 e. The van der Waals surface area contributed by atoms with Crippen molar-refractivity contribution in [2.24, 2.45) is 0 Å². The summed E-state index contributed by atoms with van der Waals surface area (Å²) >= 11 is 0. The number of para-hydroxylation sites is 2. The molecule has 2 aromatic carbocycles. The van der Waals surface area contributed by atoms with Gasteiger partial charge in [-0.2, -0.15) is 0 Å². The van der Waals surface area contributed by atoms with Crippen LogP contribution in [0.3, 0.4) is 0 Å². The van der Waals surface area contributed by atoms with Crippen molar-refractivity contribution < 1.29 is 14.3 Å². The highest BCUT2D eigenvalue weighted by atomic mass is 16.5. The lowest BCUT2D eigenvalue weighted by molar-refractivity contribution is -0.123. The SMILES string of the molecule is O=C(CN1C(=O)COc2ccccc21)Nc1cccc(C#Cc2ccccn2)c1. The minimum atomic E-state index is -0.301. The van der Waals surface area contributed by atoms with Gasteiger partial charge in [0.25, 0.3) is 5.91 Å². The number of aromatic nitrogens is 1. The Labute approximate surface area is 168 Å². The van der Waals surface area contributed by atoms with Crippen molar-refractivity contribution in [3.05, 3.63) is 84.2 Å². The molecule has 1 aromatic heterocycles. The lowest BCUT2D eigenvalue weighted by atomic mass is 10.2. The van der Waals surface area contributed by atoms with E-state index in [0.29, 0.717) is 22.8 Å². The minimum absolute atomic E-state index is 0.0805. The first-order chi connectivity index (χ1) is 14.2. The van der Waals surface area contributed by atoms with Crippen molar-refractivity contribution in [3.63, 3.8) is 0 Å². The Morgan fingerprint density at radius 3 is 2.79 bits per heavy atom. The minimum Gasteiger partial charge on any atom is -0.482 e. The second kappa shape index (κ2) is 8.28. The number of hydrogen-bond acceptors (Lipinski definition) is 4. The van der Waals surface area contributed by atoms with Crippen molar-refractivity contribution in [2.45, 2.75) is 0 Å². The molecule has 3 aromatic rings. The third-order valence-corrected chi connectivity index (χ3v) is 4.26. The lowest BCUT2D eigenvalue weighted by Crippen LogP contribution is -2.43. The summed E-state index contributed by atoms with van der Waals surface area (Å²) in [6.45, 7) is -0.175. The van der Waals surface area contributed by atoms with E-state index in [9.17, 15) is 9.59 Å². The van der Waals surface area contributed by atoms with Gasteiger partial charge in [-0.1, -0.05) is 30.2 Å². The molecule has 0 unspecified atom stereocenters. The van der Waals surface area contributed by atoms with Crippen molar-refractivity contribution in [2.75, 3.05) is 23.4 Å². The summed E-state index contributed by atoms with van der Waals surface area (Å²) in [6, 6.07) is 19.9. The fraction of sp³-hybridized carbons (Fsp3) is 0.0870. The topological polar surface area (TPSA) is 71.5 Å².